The number of nitrogens with zero attached hydrogens (tertiary/aromatic N) is 1. The van der Waals surface area contributed by atoms with E-state index in [1.54, 1.807) is 18.2 Å². The Balaban J connectivity index is 3.26. The lowest BCUT2D eigenvalue weighted by molar-refractivity contribution is 0.354. The van der Waals surface area contributed by atoms with E-state index in [4.69, 9.17) is 0 Å². The van der Waals surface area contributed by atoms with Crippen LogP contribution in [0.15, 0.2) is 32.0 Å². The summed E-state index contributed by atoms with van der Waals surface area (Å²) in [6.07, 6.45) is 0.797. The fourth-order valence-electron chi connectivity index (χ4n) is 1.69. The molecule has 1 aromatic rings. The Kier molecular flexibility index (Phi) is 5.83. The quantitative estimate of drug-likeness (QED) is 0.750. The van der Waals surface area contributed by atoms with Gasteiger partial charge in [0.15, 0.2) is 0 Å². The highest BCUT2D eigenvalue weighted by molar-refractivity contribution is 9.11. The van der Waals surface area contributed by atoms with Gasteiger partial charge in [0.05, 0.1) is 4.90 Å². The molecule has 0 heterocycles. The fraction of sp³-hybridized carbons (Fsp3) is 0.500. The molecule has 0 spiro atoms. The summed E-state index contributed by atoms with van der Waals surface area (Å²) < 4.78 is 28.1. The summed E-state index contributed by atoms with van der Waals surface area (Å²) in [6.45, 7) is 6.28. The molecule has 0 saturated heterocycles. The third-order valence-electron chi connectivity index (χ3n) is 2.50. The first-order chi connectivity index (χ1) is 8.30. The molecule has 0 N–H and O–H groups in total. The molecular formula is C12H17Br2NO2S. The maximum Gasteiger partial charge on any atom is 0.244 e. The zero-order valence-corrected chi connectivity index (χ0v) is 14.6. The van der Waals surface area contributed by atoms with Crippen molar-refractivity contribution in [1.82, 2.24) is 4.31 Å². The lowest BCUT2D eigenvalue weighted by Gasteiger charge is -2.25. The van der Waals surface area contributed by atoms with Crippen LogP contribution in [0.4, 0.5) is 0 Å². The third-order valence-corrected chi connectivity index (χ3v) is 6.05. The zero-order valence-electron chi connectivity index (χ0n) is 10.7. The molecule has 0 amide bonds. The van der Waals surface area contributed by atoms with Crippen LogP contribution in [-0.4, -0.2) is 25.3 Å². The van der Waals surface area contributed by atoms with Crippen molar-refractivity contribution in [2.75, 3.05) is 6.54 Å². The van der Waals surface area contributed by atoms with E-state index in [0.717, 1.165) is 10.9 Å². The summed E-state index contributed by atoms with van der Waals surface area (Å²) in [7, 11) is -3.44. The van der Waals surface area contributed by atoms with Crippen LogP contribution in [0, 0.1) is 0 Å². The lowest BCUT2D eigenvalue weighted by Crippen LogP contribution is -2.37. The first-order valence-electron chi connectivity index (χ1n) is 5.77. The molecule has 0 radical (unpaired) electrons. The maximum absolute atomic E-state index is 12.6. The summed E-state index contributed by atoms with van der Waals surface area (Å²) in [5.74, 6) is 0. The minimum Gasteiger partial charge on any atom is -0.207 e. The number of rotatable bonds is 5. The van der Waals surface area contributed by atoms with Crippen molar-refractivity contribution >= 4 is 41.9 Å². The smallest absolute Gasteiger partial charge is 0.207 e. The van der Waals surface area contributed by atoms with Crippen LogP contribution in [0.1, 0.15) is 27.2 Å². The van der Waals surface area contributed by atoms with Gasteiger partial charge < -0.3 is 0 Å². The average molecular weight is 399 g/mol. The highest BCUT2D eigenvalue weighted by Gasteiger charge is 2.27. The second-order valence-corrected chi connectivity index (χ2v) is 7.91. The molecule has 3 nitrogen and oxygen atoms in total. The summed E-state index contributed by atoms with van der Waals surface area (Å²) in [6, 6.07) is 5.05. The van der Waals surface area contributed by atoms with Crippen molar-refractivity contribution in [3.8, 4) is 0 Å². The van der Waals surface area contributed by atoms with Crippen LogP contribution in [-0.2, 0) is 10.0 Å². The van der Waals surface area contributed by atoms with Crippen LogP contribution in [0.5, 0.6) is 0 Å². The zero-order chi connectivity index (χ0) is 13.9. The van der Waals surface area contributed by atoms with E-state index in [9.17, 15) is 8.42 Å². The fourth-order valence-corrected chi connectivity index (χ4v) is 5.12. The average Bonchev–Trinajstić information content (AvgIpc) is 2.24. The molecule has 102 valence electrons. The van der Waals surface area contributed by atoms with E-state index < -0.39 is 10.0 Å². The van der Waals surface area contributed by atoms with Crippen molar-refractivity contribution < 1.29 is 8.42 Å². The minimum atomic E-state index is -3.44. The molecule has 0 aliphatic carbocycles. The molecule has 0 unspecified atom stereocenters. The molecule has 0 fully saturated rings. The van der Waals surface area contributed by atoms with Gasteiger partial charge in [-0.1, -0.05) is 22.9 Å². The first kappa shape index (κ1) is 16.1. The van der Waals surface area contributed by atoms with Crippen LogP contribution in [0.2, 0.25) is 0 Å². The molecule has 1 aromatic carbocycles. The van der Waals surface area contributed by atoms with Gasteiger partial charge in [-0.05, 0) is 54.4 Å². The molecule has 0 saturated carbocycles. The highest BCUT2D eigenvalue weighted by atomic mass is 79.9. The summed E-state index contributed by atoms with van der Waals surface area (Å²) in [5, 5.41) is 0. The monoisotopic (exact) mass is 397 g/mol. The highest BCUT2D eigenvalue weighted by Crippen LogP contribution is 2.29. The van der Waals surface area contributed by atoms with Gasteiger partial charge in [-0.25, -0.2) is 8.42 Å². The Morgan fingerprint density at radius 3 is 2.33 bits per heavy atom. The van der Waals surface area contributed by atoms with Crippen LogP contribution >= 0.6 is 31.9 Å². The molecule has 0 aromatic heterocycles. The van der Waals surface area contributed by atoms with Crippen LogP contribution < -0.4 is 0 Å². The van der Waals surface area contributed by atoms with E-state index in [-0.39, 0.29) is 6.04 Å². The standard InChI is InChI=1S/C12H17Br2NO2S/c1-4-7-15(9(2)3)18(16,17)12-6-5-10(13)8-11(12)14/h5-6,8-9H,4,7H2,1-3H3. The van der Waals surface area contributed by atoms with Gasteiger partial charge in [0.2, 0.25) is 10.0 Å². The van der Waals surface area contributed by atoms with Crippen molar-refractivity contribution in [3.05, 3.63) is 27.1 Å². The van der Waals surface area contributed by atoms with Crippen LogP contribution in [0.3, 0.4) is 0 Å². The second-order valence-electron chi connectivity index (χ2n) is 4.28. The van der Waals surface area contributed by atoms with E-state index in [0.29, 0.717) is 15.9 Å². The Morgan fingerprint density at radius 1 is 1.28 bits per heavy atom. The van der Waals surface area contributed by atoms with Gasteiger partial charge in [0, 0.05) is 21.5 Å². The van der Waals surface area contributed by atoms with E-state index in [2.05, 4.69) is 31.9 Å². The van der Waals surface area contributed by atoms with Gasteiger partial charge in [-0.15, -0.1) is 0 Å². The number of sulfonamides is 1. The lowest BCUT2D eigenvalue weighted by atomic mass is 10.4. The molecule has 18 heavy (non-hydrogen) atoms. The molecule has 0 aliphatic heterocycles. The molecule has 0 aliphatic rings. The van der Waals surface area contributed by atoms with Crippen molar-refractivity contribution in [2.45, 2.75) is 38.1 Å². The predicted octanol–water partition coefficient (Wildman–Crippen LogP) is 4.02. The molecule has 0 atom stereocenters. The maximum atomic E-state index is 12.6. The second kappa shape index (κ2) is 6.50. The number of benzene rings is 1. The van der Waals surface area contributed by atoms with Crippen molar-refractivity contribution in [3.63, 3.8) is 0 Å². The topological polar surface area (TPSA) is 37.4 Å². The Hall–Kier alpha value is 0.0900. The predicted molar refractivity (Wildman–Crippen MR) is 81.2 cm³/mol. The van der Waals surface area contributed by atoms with E-state index >= 15 is 0 Å². The number of hydrogen-bond acceptors (Lipinski definition) is 2. The van der Waals surface area contributed by atoms with Gasteiger partial charge in [-0.2, -0.15) is 4.31 Å². The van der Waals surface area contributed by atoms with Gasteiger partial charge in [0.25, 0.3) is 0 Å². The van der Waals surface area contributed by atoms with Crippen molar-refractivity contribution in [2.24, 2.45) is 0 Å². The Morgan fingerprint density at radius 2 is 1.89 bits per heavy atom. The normalized spacial score (nSPS) is 12.4. The number of halogens is 2. The molecule has 6 heteroatoms. The van der Waals surface area contributed by atoms with E-state index in [1.165, 1.54) is 4.31 Å². The van der Waals surface area contributed by atoms with Gasteiger partial charge in [-0.3, -0.25) is 0 Å². The molecule has 1 rings (SSSR count). The largest absolute Gasteiger partial charge is 0.244 e. The van der Waals surface area contributed by atoms with E-state index in [1.807, 2.05) is 20.8 Å². The molecular weight excluding hydrogens is 382 g/mol. The summed E-state index contributed by atoms with van der Waals surface area (Å²) in [4.78, 5) is 0.313. The number of hydrogen-bond donors (Lipinski definition) is 0. The summed E-state index contributed by atoms with van der Waals surface area (Å²) in [5.41, 5.74) is 0. The van der Waals surface area contributed by atoms with Gasteiger partial charge >= 0.3 is 0 Å². The first-order valence-corrected chi connectivity index (χ1v) is 8.80. The third kappa shape index (κ3) is 3.56. The van der Waals surface area contributed by atoms with Crippen LogP contribution in [0.25, 0.3) is 0 Å². The SMILES string of the molecule is CCCN(C(C)C)S(=O)(=O)c1ccc(Br)cc1Br. The molecule has 0 bridgehead atoms. The summed E-state index contributed by atoms with van der Waals surface area (Å²) >= 11 is 6.64. The minimum absolute atomic E-state index is 0.0505. The Labute approximate surface area is 126 Å². The van der Waals surface area contributed by atoms with Gasteiger partial charge in [0.1, 0.15) is 0 Å². The van der Waals surface area contributed by atoms with Crippen molar-refractivity contribution in [1.29, 1.82) is 0 Å². The Bertz CT molecular complexity index is 515.